The Balaban J connectivity index is 1.67. The van der Waals surface area contributed by atoms with Crippen molar-refractivity contribution in [3.63, 3.8) is 0 Å². The van der Waals surface area contributed by atoms with Crippen LogP contribution in [0.4, 0.5) is 24.7 Å². The number of carbonyl (C=O) groups is 1. The summed E-state index contributed by atoms with van der Waals surface area (Å²) in [5.41, 5.74) is 0.544. The Kier molecular flexibility index (Phi) is 6.27. The summed E-state index contributed by atoms with van der Waals surface area (Å²) in [5, 5.41) is 2.34. The standard InChI is InChI=1S/C18H18BrF3N4O3S/c1-30(23,28)14-6-7-26(10-14)16-15(19)8-11(9-24-16)17(27)25-12-2-4-13(5-3-12)29-18(20,21)22/h2-5,8-9,14,23H,6-7,10H2,1H3,(H,25,27)/t14-,30?/m1/s1. The number of anilines is 2. The third-order valence-electron chi connectivity index (χ3n) is 4.51. The Labute approximate surface area is 179 Å². The van der Waals surface area contributed by atoms with Crippen molar-refractivity contribution in [1.29, 1.82) is 4.78 Å². The van der Waals surface area contributed by atoms with E-state index in [4.69, 9.17) is 4.78 Å². The molecule has 1 fully saturated rings. The first kappa shape index (κ1) is 22.3. The number of pyridine rings is 1. The molecule has 1 aromatic heterocycles. The van der Waals surface area contributed by atoms with E-state index in [1.54, 1.807) is 6.07 Å². The molecule has 30 heavy (non-hydrogen) atoms. The van der Waals surface area contributed by atoms with Crippen molar-refractivity contribution in [1.82, 2.24) is 4.98 Å². The van der Waals surface area contributed by atoms with Gasteiger partial charge in [-0.1, -0.05) is 0 Å². The van der Waals surface area contributed by atoms with Gasteiger partial charge in [-0.25, -0.2) is 9.19 Å². The van der Waals surface area contributed by atoms with Gasteiger partial charge in [-0.05, 0) is 52.7 Å². The Morgan fingerprint density at radius 3 is 2.57 bits per heavy atom. The minimum absolute atomic E-state index is 0.238. The minimum Gasteiger partial charge on any atom is -0.406 e. The fourth-order valence-corrected chi connectivity index (χ4v) is 4.64. The van der Waals surface area contributed by atoms with Gasteiger partial charge in [-0.2, -0.15) is 0 Å². The first-order valence-corrected chi connectivity index (χ1v) is 11.5. The van der Waals surface area contributed by atoms with Crippen LogP contribution in [0.1, 0.15) is 16.8 Å². The number of ether oxygens (including phenoxy) is 1. The Hall–Kier alpha value is -2.34. The molecule has 7 nitrogen and oxygen atoms in total. The highest BCUT2D eigenvalue weighted by atomic mass is 79.9. The molecule has 0 saturated carbocycles. The molecule has 12 heteroatoms. The van der Waals surface area contributed by atoms with Crippen molar-refractivity contribution < 1.29 is 26.9 Å². The van der Waals surface area contributed by atoms with Gasteiger partial charge in [0.1, 0.15) is 11.6 Å². The summed E-state index contributed by atoms with van der Waals surface area (Å²) < 4.78 is 60.7. The third kappa shape index (κ3) is 5.63. The summed E-state index contributed by atoms with van der Waals surface area (Å²) >= 11 is 3.39. The zero-order chi connectivity index (χ0) is 22.1. The Bertz CT molecular complexity index is 1050. The van der Waals surface area contributed by atoms with Crippen molar-refractivity contribution in [2.24, 2.45) is 0 Å². The van der Waals surface area contributed by atoms with Crippen LogP contribution in [0.5, 0.6) is 5.75 Å². The molecule has 2 atom stereocenters. The van der Waals surface area contributed by atoms with Gasteiger partial charge in [0.15, 0.2) is 0 Å². The molecule has 1 unspecified atom stereocenters. The lowest BCUT2D eigenvalue weighted by Gasteiger charge is -2.19. The molecule has 0 aliphatic carbocycles. The Morgan fingerprint density at radius 1 is 1.37 bits per heavy atom. The number of rotatable bonds is 5. The largest absolute Gasteiger partial charge is 0.573 e. The van der Waals surface area contributed by atoms with Crippen LogP contribution in [0.25, 0.3) is 0 Å². The van der Waals surface area contributed by atoms with Crippen molar-refractivity contribution >= 4 is 43.1 Å². The maximum Gasteiger partial charge on any atom is 0.573 e. The number of amides is 1. The predicted molar refractivity (Wildman–Crippen MR) is 110 cm³/mol. The molecule has 2 N–H and O–H groups in total. The zero-order valence-corrected chi connectivity index (χ0v) is 18.1. The third-order valence-corrected chi connectivity index (χ3v) is 6.75. The lowest BCUT2D eigenvalue weighted by molar-refractivity contribution is -0.274. The lowest BCUT2D eigenvalue weighted by atomic mass is 10.2. The smallest absolute Gasteiger partial charge is 0.406 e. The second-order valence-electron chi connectivity index (χ2n) is 6.82. The topological polar surface area (TPSA) is 95.4 Å². The van der Waals surface area contributed by atoms with E-state index in [1.165, 1.54) is 24.6 Å². The second kappa shape index (κ2) is 8.42. The first-order valence-electron chi connectivity index (χ1n) is 8.72. The van der Waals surface area contributed by atoms with E-state index >= 15 is 0 Å². The molecule has 2 aromatic rings. The number of halogens is 4. The van der Waals surface area contributed by atoms with E-state index in [1.807, 2.05) is 4.90 Å². The van der Waals surface area contributed by atoms with Gasteiger partial charge in [0.25, 0.3) is 5.91 Å². The molecule has 1 aromatic carbocycles. The van der Waals surface area contributed by atoms with Crippen LogP contribution in [0.2, 0.25) is 0 Å². The average molecular weight is 507 g/mol. The highest BCUT2D eigenvalue weighted by Crippen LogP contribution is 2.30. The fraction of sp³-hybridized carbons (Fsp3) is 0.333. The normalized spacial score (nSPS) is 18.7. The Morgan fingerprint density at radius 2 is 2.03 bits per heavy atom. The van der Waals surface area contributed by atoms with Gasteiger partial charge in [0, 0.05) is 41.0 Å². The molecule has 1 aliphatic heterocycles. The van der Waals surface area contributed by atoms with Crippen molar-refractivity contribution in [2.45, 2.75) is 18.0 Å². The summed E-state index contributed by atoms with van der Waals surface area (Å²) in [6.45, 7) is 1.06. The van der Waals surface area contributed by atoms with E-state index in [9.17, 15) is 22.2 Å². The number of hydrogen-bond acceptors (Lipinski definition) is 6. The molecule has 3 rings (SSSR count). The first-order chi connectivity index (χ1) is 13.9. The summed E-state index contributed by atoms with van der Waals surface area (Å²) in [6, 6.07) is 6.37. The summed E-state index contributed by atoms with van der Waals surface area (Å²) in [7, 11) is -2.65. The minimum atomic E-state index is -4.78. The molecule has 0 spiro atoms. The fourth-order valence-electron chi connectivity index (χ4n) is 3.02. The number of nitrogens with zero attached hydrogens (tertiary/aromatic N) is 2. The molecule has 1 saturated heterocycles. The van der Waals surface area contributed by atoms with Crippen molar-refractivity contribution in [3.8, 4) is 5.75 Å². The molecule has 1 amide bonds. The van der Waals surface area contributed by atoms with Crippen LogP contribution >= 0.6 is 15.9 Å². The average Bonchev–Trinajstić information content (AvgIpc) is 3.12. The van der Waals surface area contributed by atoms with Crippen LogP contribution < -0.4 is 15.0 Å². The van der Waals surface area contributed by atoms with Gasteiger partial charge < -0.3 is 15.0 Å². The van der Waals surface area contributed by atoms with E-state index in [-0.39, 0.29) is 16.6 Å². The second-order valence-corrected chi connectivity index (χ2v) is 10.1. The number of aromatic nitrogens is 1. The molecule has 1 aliphatic rings. The molecule has 162 valence electrons. The summed E-state index contributed by atoms with van der Waals surface area (Å²) in [4.78, 5) is 18.7. The molecule has 2 heterocycles. The summed E-state index contributed by atoms with van der Waals surface area (Å²) in [5.74, 6) is -0.283. The van der Waals surface area contributed by atoms with Crippen molar-refractivity contribution in [3.05, 3.63) is 46.6 Å². The highest BCUT2D eigenvalue weighted by molar-refractivity contribution is 9.10. The van der Waals surface area contributed by atoms with Gasteiger partial charge in [-0.15, -0.1) is 13.2 Å². The highest BCUT2D eigenvalue weighted by Gasteiger charge is 2.31. The van der Waals surface area contributed by atoms with Crippen LogP contribution in [0.15, 0.2) is 41.0 Å². The van der Waals surface area contributed by atoms with Gasteiger partial charge >= 0.3 is 6.36 Å². The van der Waals surface area contributed by atoms with Crippen molar-refractivity contribution in [2.75, 3.05) is 29.6 Å². The maximum atomic E-state index is 12.4. The lowest BCUT2D eigenvalue weighted by Crippen LogP contribution is -2.26. The summed E-state index contributed by atoms with van der Waals surface area (Å²) in [6.07, 6.45) is -1.34. The van der Waals surface area contributed by atoms with E-state index in [0.717, 1.165) is 12.1 Å². The monoisotopic (exact) mass is 506 g/mol. The molecular weight excluding hydrogens is 489 g/mol. The van der Waals surface area contributed by atoms with E-state index < -0.39 is 22.0 Å². The van der Waals surface area contributed by atoms with Crippen LogP contribution in [0.3, 0.4) is 0 Å². The number of alkyl halides is 3. The van der Waals surface area contributed by atoms with Gasteiger partial charge in [0.05, 0.1) is 15.3 Å². The SMILES string of the molecule is CS(=N)(=O)[C@@H]1CCN(c2ncc(C(=O)Nc3ccc(OC(F)(F)F)cc3)cc2Br)C1. The van der Waals surface area contributed by atoms with Gasteiger partial charge in [0.2, 0.25) is 0 Å². The van der Waals surface area contributed by atoms with E-state index in [0.29, 0.717) is 35.5 Å². The van der Waals surface area contributed by atoms with Crippen LogP contribution in [0, 0.1) is 4.78 Å². The van der Waals surface area contributed by atoms with Crippen LogP contribution in [-0.2, 0) is 9.73 Å². The maximum absolute atomic E-state index is 12.4. The number of benzene rings is 1. The molecular formula is C18H18BrF3N4O3S. The van der Waals surface area contributed by atoms with Crippen LogP contribution in [-0.4, -0.2) is 46.1 Å². The number of carbonyl (C=O) groups excluding carboxylic acids is 1. The zero-order valence-electron chi connectivity index (χ0n) is 15.7. The quantitative estimate of drug-likeness (QED) is 0.631. The molecule has 0 radical (unpaired) electrons. The predicted octanol–water partition coefficient (Wildman–Crippen LogP) is 4.25. The van der Waals surface area contributed by atoms with E-state index in [2.05, 4.69) is 31.0 Å². The number of hydrogen-bond donors (Lipinski definition) is 2. The van der Waals surface area contributed by atoms with Gasteiger partial charge in [-0.3, -0.25) is 9.57 Å². The molecule has 0 bridgehead atoms. The number of nitrogens with one attached hydrogen (secondary N) is 2.